The van der Waals surface area contributed by atoms with Crippen molar-refractivity contribution in [2.45, 2.75) is 25.3 Å². The number of nitrogens with one attached hydrogen (secondary N) is 2. The number of halogens is 3. The van der Waals surface area contributed by atoms with Crippen LogP contribution in [0.25, 0.3) is 0 Å². The molecule has 136 valence electrons. The molecule has 2 atom stereocenters. The van der Waals surface area contributed by atoms with E-state index < -0.39 is 11.6 Å². The molecule has 0 heterocycles. The molecule has 2 N–H and O–H groups in total. The van der Waals surface area contributed by atoms with Gasteiger partial charge >= 0.3 is 0 Å². The van der Waals surface area contributed by atoms with Crippen molar-refractivity contribution in [2.24, 2.45) is 5.10 Å². The molecule has 0 bridgehead atoms. The highest BCUT2D eigenvalue weighted by Gasteiger charge is 2.38. The highest BCUT2D eigenvalue weighted by atomic mass is 35.5. The zero-order valence-electron chi connectivity index (χ0n) is 14.1. The van der Waals surface area contributed by atoms with Crippen molar-refractivity contribution in [1.29, 1.82) is 0 Å². The molecule has 2 aromatic rings. The lowest BCUT2D eigenvalue weighted by Gasteiger charge is -2.05. The smallest absolute Gasteiger partial charge is 0.254 e. The molecule has 26 heavy (non-hydrogen) atoms. The molecular weight excluding hydrogens is 360 g/mol. The van der Waals surface area contributed by atoms with Crippen LogP contribution in [0.1, 0.15) is 30.4 Å². The molecular formula is C19H18ClF2N3O. The second-order valence-corrected chi connectivity index (χ2v) is 6.68. The van der Waals surface area contributed by atoms with Crippen LogP contribution in [-0.2, 0) is 4.79 Å². The van der Waals surface area contributed by atoms with Crippen LogP contribution in [-0.4, -0.2) is 24.2 Å². The van der Waals surface area contributed by atoms with Gasteiger partial charge in [-0.05, 0) is 48.7 Å². The summed E-state index contributed by atoms with van der Waals surface area (Å²) in [5, 5.41) is 7.79. The van der Waals surface area contributed by atoms with E-state index in [0.29, 0.717) is 10.7 Å². The van der Waals surface area contributed by atoms with Crippen molar-refractivity contribution >= 4 is 23.2 Å². The van der Waals surface area contributed by atoms with Crippen LogP contribution in [0.4, 0.5) is 8.78 Å². The SMILES string of the molecule is C/C(=N\NC(=O)CN[C@@H]1C[C@H]1c1ccc(F)c(F)c1)c1ccc(Cl)cc1. The van der Waals surface area contributed by atoms with Gasteiger partial charge in [0, 0.05) is 17.0 Å². The molecule has 3 rings (SSSR count). The molecule has 1 amide bonds. The van der Waals surface area contributed by atoms with Gasteiger partial charge in [0.25, 0.3) is 5.91 Å². The number of benzene rings is 2. The Hall–Kier alpha value is -2.31. The van der Waals surface area contributed by atoms with E-state index in [4.69, 9.17) is 11.6 Å². The molecule has 1 fully saturated rings. The molecule has 0 saturated heterocycles. The Morgan fingerprint density at radius 3 is 2.62 bits per heavy atom. The lowest BCUT2D eigenvalue weighted by atomic mass is 10.1. The zero-order valence-corrected chi connectivity index (χ0v) is 14.9. The zero-order chi connectivity index (χ0) is 18.7. The van der Waals surface area contributed by atoms with Gasteiger partial charge in [-0.2, -0.15) is 5.10 Å². The molecule has 0 spiro atoms. The van der Waals surface area contributed by atoms with Crippen molar-refractivity contribution < 1.29 is 13.6 Å². The molecule has 7 heteroatoms. The van der Waals surface area contributed by atoms with Crippen molar-refractivity contribution in [2.75, 3.05) is 6.54 Å². The molecule has 0 unspecified atom stereocenters. The lowest BCUT2D eigenvalue weighted by molar-refractivity contribution is -0.120. The highest BCUT2D eigenvalue weighted by molar-refractivity contribution is 6.30. The second-order valence-electron chi connectivity index (χ2n) is 6.24. The highest BCUT2D eigenvalue weighted by Crippen LogP contribution is 2.40. The first-order valence-corrected chi connectivity index (χ1v) is 8.59. The Balaban J connectivity index is 1.45. The van der Waals surface area contributed by atoms with Gasteiger partial charge in [0.05, 0.1) is 12.3 Å². The largest absolute Gasteiger partial charge is 0.305 e. The fourth-order valence-corrected chi connectivity index (χ4v) is 2.82. The quantitative estimate of drug-likeness (QED) is 0.597. The molecule has 2 aromatic carbocycles. The van der Waals surface area contributed by atoms with E-state index in [-0.39, 0.29) is 24.4 Å². The second kappa shape index (κ2) is 7.93. The van der Waals surface area contributed by atoms with Crippen LogP contribution in [0.5, 0.6) is 0 Å². The summed E-state index contributed by atoms with van der Waals surface area (Å²) < 4.78 is 26.2. The Morgan fingerprint density at radius 1 is 1.19 bits per heavy atom. The number of hydrogen-bond acceptors (Lipinski definition) is 3. The summed E-state index contributed by atoms with van der Waals surface area (Å²) >= 11 is 5.84. The maximum atomic E-state index is 13.3. The summed E-state index contributed by atoms with van der Waals surface area (Å²) in [6.45, 7) is 1.89. The Kier molecular flexibility index (Phi) is 5.64. The van der Waals surface area contributed by atoms with Gasteiger partial charge in [0.2, 0.25) is 0 Å². The van der Waals surface area contributed by atoms with E-state index in [2.05, 4.69) is 15.8 Å². The standard InChI is InChI=1S/C19H18ClF2N3O/c1-11(12-2-5-14(20)6-3-12)24-25-19(26)10-23-18-9-15(18)13-4-7-16(21)17(22)8-13/h2-8,15,18,23H,9-10H2,1H3,(H,25,26)/b24-11+/t15-,18+/m0/s1. The van der Waals surface area contributed by atoms with Crippen molar-refractivity contribution in [3.63, 3.8) is 0 Å². The van der Waals surface area contributed by atoms with Crippen molar-refractivity contribution in [3.8, 4) is 0 Å². The van der Waals surface area contributed by atoms with Crippen LogP contribution < -0.4 is 10.7 Å². The topological polar surface area (TPSA) is 53.5 Å². The fourth-order valence-electron chi connectivity index (χ4n) is 2.70. The third-order valence-corrected chi connectivity index (χ3v) is 4.55. The van der Waals surface area contributed by atoms with Crippen LogP contribution in [0.2, 0.25) is 5.02 Å². The van der Waals surface area contributed by atoms with Gasteiger partial charge in [-0.3, -0.25) is 4.79 Å². The molecule has 1 aliphatic rings. The van der Waals surface area contributed by atoms with E-state index >= 15 is 0 Å². The third kappa shape index (κ3) is 4.65. The molecule has 0 aromatic heterocycles. The fraction of sp³-hybridized carbons (Fsp3) is 0.263. The van der Waals surface area contributed by atoms with E-state index in [1.54, 1.807) is 25.1 Å². The Labute approximate surface area is 155 Å². The maximum absolute atomic E-state index is 13.3. The van der Waals surface area contributed by atoms with Gasteiger partial charge in [0.1, 0.15) is 0 Å². The summed E-state index contributed by atoms with van der Waals surface area (Å²) in [6.07, 6.45) is 0.783. The minimum absolute atomic E-state index is 0.0759. The van der Waals surface area contributed by atoms with Crippen molar-refractivity contribution in [1.82, 2.24) is 10.7 Å². The summed E-state index contributed by atoms with van der Waals surface area (Å²) in [5.74, 6) is -1.88. The first kappa shape index (κ1) is 18.5. The third-order valence-electron chi connectivity index (χ3n) is 4.30. The predicted molar refractivity (Wildman–Crippen MR) is 97.3 cm³/mol. The molecule has 0 radical (unpaired) electrons. The number of rotatable bonds is 6. The Bertz CT molecular complexity index is 839. The van der Waals surface area contributed by atoms with Gasteiger partial charge in [0.15, 0.2) is 11.6 Å². The van der Waals surface area contributed by atoms with Crippen LogP contribution in [0.15, 0.2) is 47.6 Å². The number of nitrogens with zero attached hydrogens (tertiary/aromatic N) is 1. The van der Waals surface area contributed by atoms with Crippen LogP contribution in [0, 0.1) is 11.6 Å². The normalized spacial score (nSPS) is 19.3. The lowest BCUT2D eigenvalue weighted by Crippen LogP contribution is -2.33. The Morgan fingerprint density at radius 2 is 1.92 bits per heavy atom. The van der Waals surface area contributed by atoms with E-state index in [0.717, 1.165) is 23.6 Å². The van der Waals surface area contributed by atoms with E-state index in [1.807, 2.05) is 12.1 Å². The average Bonchev–Trinajstić information content (AvgIpc) is 3.40. The summed E-state index contributed by atoms with van der Waals surface area (Å²) in [7, 11) is 0. The van der Waals surface area contributed by atoms with Crippen LogP contribution in [0.3, 0.4) is 0 Å². The maximum Gasteiger partial charge on any atom is 0.254 e. The minimum atomic E-state index is -0.854. The summed E-state index contributed by atoms with van der Waals surface area (Å²) in [5.41, 5.74) is 4.76. The number of carbonyl (C=O) groups is 1. The summed E-state index contributed by atoms with van der Waals surface area (Å²) in [4.78, 5) is 11.9. The number of hydrogen-bond donors (Lipinski definition) is 2. The summed E-state index contributed by atoms with van der Waals surface area (Å²) in [6, 6.07) is 11.1. The molecule has 1 saturated carbocycles. The van der Waals surface area contributed by atoms with Gasteiger partial charge in [-0.1, -0.05) is 29.8 Å². The van der Waals surface area contributed by atoms with E-state index in [1.165, 1.54) is 6.07 Å². The monoisotopic (exact) mass is 377 g/mol. The molecule has 4 nitrogen and oxygen atoms in total. The molecule has 0 aliphatic heterocycles. The van der Waals surface area contributed by atoms with E-state index in [9.17, 15) is 13.6 Å². The first-order chi connectivity index (χ1) is 12.4. The van der Waals surface area contributed by atoms with Gasteiger partial charge < -0.3 is 5.32 Å². The number of amides is 1. The number of carbonyl (C=O) groups excluding carboxylic acids is 1. The minimum Gasteiger partial charge on any atom is -0.305 e. The number of hydrazone groups is 1. The average molecular weight is 378 g/mol. The van der Waals surface area contributed by atoms with Gasteiger partial charge in [-0.15, -0.1) is 0 Å². The van der Waals surface area contributed by atoms with Crippen LogP contribution >= 0.6 is 11.6 Å². The van der Waals surface area contributed by atoms with Gasteiger partial charge in [-0.25, -0.2) is 14.2 Å². The first-order valence-electron chi connectivity index (χ1n) is 8.21. The molecule has 1 aliphatic carbocycles. The predicted octanol–water partition coefficient (Wildman–Crippen LogP) is 3.60. The van der Waals surface area contributed by atoms with Crippen molar-refractivity contribution in [3.05, 3.63) is 70.2 Å².